The van der Waals surface area contributed by atoms with Gasteiger partial charge in [0.25, 0.3) is 0 Å². The van der Waals surface area contributed by atoms with Gasteiger partial charge >= 0.3 is 0 Å². The average Bonchev–Trinajstić information content (AvgIpc) is 2.85. The Hall–Kier alpha value is -1.49. The molecule has 1 saturated carbocycles. The third kappa shape index (κ3) is 1.18. The van der Waals surface area contributed by atoms with Crippen LogP contribution in [0.3, 0.4) is 0 Å². The second-order valence-electron chi connectivity index (χ2n) is 4.75. The molecule has 0 radical (unpaired) electrons. The Morgan fingerprint density at radius 1 is 1.50 bits per heavy atom. The molecule has 0 bridgehead atoms. The predicted molar refractivity (Wildman–Crippen MR) is 60.0 cm³/mol. The molecule has 0 saturated heterocycles. The number of nitrogens with two attached hydrogens (primary N) is 1. The third-order valence-electron chi connectivity index (χ3n) is 3.75. The summed E-state index contributed by atoms with van der Waals surface area (Å²) in [5.74, 6) is 0.945. The van der Waals surface area contributed by atoms with Gasteiger partial charge in [-0.05, 0) is 12.8 Å². The number of rotatable bonds is 1. The van der Waals surface area contributed by atoms with Crippen molar-refractivity contribution in [1.29, 1.82) is 0 Å². The van der Waals surface area contributed by atoms with Crippen LogP contribution in [0.4, 0.5) is 0 Å². The van der Waals surface area contributed by atoms with Crippen LogP contribution in [0, 0.1) is 0 Å². The molecule has 1 aliphatic carbocycles. The SMILES string of the molecule is CC1(c2nnc3ccncn23)CCCC1N. The largest absolute Gasteiger partial charge is 0.327 e. The van der Waals surface area contributed by atoms with Crippen molar-refractivity contribution < 1.29 is 0 Å². The molecule has 16 heavy (non-hydrogen) atoms. The smallest absolute Gasteiger partial charge is 0.163 e. The maximum absolute atomic E-state index is 6.19. The van der Waals surface area contributed by atoms with Crippen LogP contribution in [-0.2, 0) is 5.41 Å². The van der Waals surface area contributed by atoms with E-state index in [1.807, 2.05) is 10.5 Å². The Morgan fingerprint density at radius 2 is 2.38 bits per heavy atom. The monoisotopic (exact) mass is 217 g/mol. The van der Waals surface area contributed by atoms with Crippen molar-refractivity contribution in [2.45, 2.75) is 37.6 Å². The first-order valence-electron chi connectivity index (χ1n) is 5.62. The summed E-state index contributed by atoms with van der Waals surface area (Å²) < 4.78 is 1.95. The van der Waals surface area contributed by atoms with Crippen molar-refractivity contribution in [2.75, 3.05) is 0 Å². The van der Waals surface area contributed by atoms with E-state index in [1.54, 1.807) is 12.5 Å². The molecule has 1 aliphatic rings. The normalized spacial score (nSPS) is 30.0. The van der Waals surface area contributed by atoms with Crippen molar-refractivity contribution in [3.05, 3.63) is 24.4 Å². The minimum absolute atomic E-state index is 0.0670. The molecule has 0 amide bonds. The highest BCUT2D eigenvalue weighted by Crippen LogP contribution is 2.38. The van der Waals surface area contributed by atoms with Crippen molar-refractivity contribution in [1.82, 2.24) is 19.6 Å². The fraction of sp³-hybridized carbons (Fsp3) is 0.545. The lowest BCUT2D eigenvalue weighted by Gasteiger charge is -2.26. The lowest BCUT2D eigenvalue weighted by Crippen LogP contribution is -2.39. The summed E-state index contributed by atoms with van der Waals surface area (Å²) in [6.45, 7) is 2.17. The molecule has 0 spiro atoms. The summed E-state index contributed by atoms with van der Waals surface area (Å²) in [5.41, 5.74) is 6.97. The third-order valence-corrected chi connectivity index (χ3v) is 3.75. The van der Waals surface area contributed by atoms with E-state index in [0.29, 0.717) is 0 Å². The Labute approximate surface area is 93.7 Å². The fourth-order valence-electron chi connectivity index (χ4n) is 2.61. The van der Waals surface area contributed by atoms with E-state index in [1.165, 1.54) is 0 Å². The molecule has 2 atom stereocenters. The molecule has 2 N–H and O–H groups in total. The molecule has 3 rings (SSSR count). The first-order chi connectivity index (χ1) is 7.72. The van der Waals surface area contributed by atoms with Gasteiger partial charge in [-0.1, -0.05) is 13.3 Å². The van der Waals surface area contributed by atoms with Gasteiger partial charge in [0, 0.05) is 23.7 Å². The van der Waals surface area contributed by atoms with Crippen LogP contribution >= 0.6 is 0 Å². The first kappa shape index (κ1) is 9.72. The fourth-order valence-corrected chi connectivity index (χ4v) is 2.61. The maximum Gasteiger partial charge on any atom is 0.163 e. The Morgan fingerprint density at radius 3 is 3.12 bits per heavy atom. The van der Waals surface area contributed by atoms with Gasteiger partial charge in [-0.15, -0.1) is 10.2 Å². The number of fused-ring (bicyclic) bond motifs is 1. The van der Waals surface area contributed by atoms with Crippen LogP contribution in [0.1, 0.15) is 32.0 Å². The molecule has 5 nitrogen and oxygen atoms in total. The van der Waals surface area contributed by atoms with Gasteiger partial charge in [0.05, 0.1) is 0 Å². The molecule has 2 heterocycles. The zero-order chi connectivity index (χ0) is 11.2. The van der Waals surface area contributed by atoms with E-state index >= 15 is 0 Å². The van der Waals surface area contributed by atoms with Crippen LogP contribution in [0.5, 0.6) is 0 Å². The van der Waals surface area contributed by atoms with Crippen LogP contribution in [-0.4, -0.2) is 25.6 Å². The number of hydrogen-bond donors (Lipinski definition) is 1. The van der Waals surface area contributed by atoms with Gasteiger partial charge < -0.3 is 5.73 Å². The number of hydrogen-bond acceptors (Lipinski definition) is 4. The van der Waals surface area contributed by atoms with E-state index < -0.39 is 0 Å². The highest BCUT2D eigenvalue weighted by atomic mass is 15.3. The topological polar surface area (TPSA) is 69.1 Å². The number of nitrogens with zero attached hydrogens (tertiary/aromatic N) is 4. The summed E-state index contributed by atoms with van der Waals surface area (Å²) in [4.78, 5) is 4.12. The molecule has 2 unspecified atom stereocenters. The van der Waals surface area contributed by atoms with E-state index in [4.69, 9.17) is 5.73 Å². The molecule has 5 heteroatoms. The van der Waals surface area contributed by atoms with Crippen LogP contribution in [0.25, 0.3) is 5.65 Å². The van der Waals surface area contributed by atoms with Gasteiger partial charge in [-0.2, -0.15) is 0 Å². The van der Waals surface area contributed by atoms with Crippen LogP contribution in [0.15, 0.2) is 18.6 Å². The molecule has 1 fully saturated rings. The van der Waals surface area contributed by atoms with Gasteiger partial charge in [-0.25, -0.2) is 4.98 Å². The number of aromatic nitrogens is 4. The van der Waals surface area contributed by atoms with Crippen molar-refractivity contribution in [3.8, 4) is 0 Å². The van der Waals surface area contributed by atoms with Crippen molar-refractivity contribution >= 4 is 5.65 Å². The summed E-state index contributed by atoms with van der Waals surface area (Å²) in [7, 11) is 0. The quantitative estimate of drug-likeness (QED) is 0.770. The van der Waals surface area contributed by atoms with Gasteiger partial charge in [0.15, 0.2) is 5.65 Å². The van der Waals surface area contributed by atoms with Crippen molar-refractivity contribution in [2.24, 2.45) is 5.73 Å². The molecule has 2 aromatic heterocycles. The molecule has 0 aliphatic heterocycles. The van der Waals surface area contributed by atoms with Crippen molar-refractivity contribution in [3.63, 3.8) is 0 Å². The zero-order valence-electron chi connectivity index (χ0n) is 9.30. The van der Waals surface area contributed by atoms with Gasteiger partial charge in [0.1, 0.15) is 12.2 Å². The minimum atomic E-state index is -0.0670. The van der Waals surface area contributed by atoms with E-state index in [-0.39, 0.29) is 11.5 Å². The molecule has 2 aromatic rings. The molecular weight excluding hydrogens is 202 g/mol. The minimum Gasteiger partial charge on any atom is -0.327 e. The molecule has 0 aromatic carbocycles. The van der Waals surface area contributed by atoms with Crippen LogP contribution in [0.2, 0.25) is 0 Å². The lowest BCUT2D eigenvalue weighted by molar-refractivity contribution is 0.400. The Kier molecular flexibility index (Phi) is 1.97. The Bertz CT molecular complexity index is 520. The summed E-state index contributed by atoms with van der Waals surface area (Å²) in [6.07, 6.45) is 6.79. The van der Waals surface area contributed by atoms with Crippen LogP contribution < -0.4 is 5.73 Å². The summed E-state index contributed by atoms with van der Waals surface area (Å²) in [5, 5.41) is 8.45. The standard InChI is InChI=1S/C11H15N5/c1-11(5-2-3-8(11)12)10-15-14-9-4-6-13-7-16(9)10/h4,6-8H,2-3,5,12H2,1H3. The predicted octanol–water partition coefficient (Wildman–Crippen LogP) is 0.893. The zero-order valence-corrected chi connectivity index (χ0v) is 9.30. The maximum atomic E-state index is 6.19. The van der Waals surface area contributed by atoms with E-state index in [9.17, 15) is 0 Å². The van der Waals surface area contributed by atoms with E-state index in [2.05, 4.69) is 22.1 Å². The molecular formula is C11H15N5. The van der Waals surface area contributed by atoms with Gasteiger partial charge in [-0.3, -0.25) is 4.40 Å². The molecule has 84 valence electrons. The average molecular weight is 217 g/mol. The first-order valence-corrected chi connectivity index (χ1v) is 5.62. The second kappa shape index (κ2) is 3.25. The summed E-state index contributed by atoms with van der Waals surface area (Å²) in [6, 6.07) is 2.03. The Balaban J connectivity index is 2.19. The summed E-state index contributed by atoms with van der Waals surface area (Å²) >= 11 is 0. The lowest BCUT2D eigenvalue weighted by atomic mass is 9.84. The van der Waals surface area contributed by atoms with Gasteiger partial charge in [0.2, 0.25) is 0 Å². The highest BCUT2D eigenvalue weighted by Gasteiger charge is 2.41. The van der Waals surface area contributed by atoms with E-state index in [0.717, 1.165) is 30.7 Å². The highest BCUT2D eigenvalue weighted by molar-refractivity contribution is 5.37. The second-order valence-corrected chi connectivity index (χ2v) is 4.75.